The zero-order valence-corrected chi connectivity index (χ0v) is 5.17. The highest BCUT2D eigenvalue weighted by molar-refractivity contribution is 5.85. The van der Waals surface area contributed by atoms with Crippen molar-refractivity contribution in [1.82, 2.24) is 0 Å². The van der Waals surface area contributed by atoms with Crippen molar-refractivity contribution in [2.75, 3.05) is 6.61 Å². The Labute approximate surface area is 56.3 Å². The van der Waals surface area contributed by atoms with Crippen LogP contribution in [-0.4, -0.2) is 23.9 Å². The summed E-state index contributed by atoms with van der Waals surface area (Å²) in [6, 6.07) is -2.09. The van der Waals surface area contributed by atoms with Crippen LogP contribution in [0, 0.1) is 0 Å². The van der Waals surface area contributed by atoms with Crippen LogP contribution in [0.3, 0.4) is 0 Å². The first-order chi connectivity index (χ1) is 3.48. The lowest BCUT2D eigenvalue weighted by Gasteiger charge is -2.10. The van der Waals surface area contributed by atoms with E-state index in [4.69, 9.17) is 5.11 Å². The van der Waals surface area contributed by atoms with E-state index in [1.807, 2.05) is 0 Å². The molecule has 0 radical (unpaired) electrons. The van der Waals surface area contributed by atoms with Gasteiger partial charge in [0.2, 0.25) is 0 Å². The van der Waals surface area contributed by atoms with Crippen LogP contribution in [0.15, 0.2) is 0 Å². The van der Waals surface area contributed by atoms with E-state index in [0.717, 1.165) is 0 Å². The zero-order valence-electron chi connectivity index (χ0n) is 4.35. The Balaban J connectivity index is 0. The highest BCUT2D eigenvalue weighted by Crippen LogP contribution is 2.17. The van der Waals surface area contributed by atoms with Crippen molar-refractivity contribution in [1.29, 1.82) is 0 Å². The maximum Gasteiger partial charge on any atom is 0.405 e. The van der Waals surface area contributed by atoms with Crippen LogP contribution < -0.4 is 5.73 Å². The number of hydrogen-bond acceptors (Lipinski definition) is 2. The minimum absolute atomic E-state index is 0. The van der Waals surface area contributed by atoms with Gasteiger partial charge >= 0.3 is 6.18 Å². The van der Waals surface area contributed by atoms with Crippen molar-refractivity contribution in [2.45, 2.75) is 12.2 Å². The van der Waals surface area contributed by atoms with Crippen LogP contribution in [-0.2, 0) is 0 Å². The van der Waals surface area contributed by atoms with Crippen LogP contribution >= 0.6 is 12.4 Å². The van der Waals surface area contributed by atoms with Crippen molar-refractivity contribution in [3.63, 3.8) is 0 Å². The van der Waals surface area contributed by atoms with Crippen molar-refractivity contribution in [3.05, 3.63) is 0 Å². The van der Waals surface area contributed by atoms with E-state index >= 15 is 0 Å². The maximum atomic E-state index is 11.2. The summed E-state index contributed by atoms with van der Waals surface area (Å²) in [5, 5.41) is 7.83. The Hall–Kier alpha value is -0.0000000000000000555. The Kier molecular flexibility index (Phi) is 5.12. The van der Waals surface area contributed by atoms with Crippen LogP contribution in [0.25, 0.3) is 0 Å². The van der Waals surface area contributed by atoms with Crippen LogP contribution in [0.4, 0.5) is 13.2 Å². The summed E-state index contributed by atoms with van der Waals surface area (Å²) in [6.07, 6.45) is -4.46. The molecule has 3 N–H and O–H groups in total. The lowest BCUT2D eigenvalue weighted by Crippen LogP contribution is -2.40. The third-order valence-electron chi connectivity index (χ3n) is 0.617. The topological polar surface area (TPSA) is 46.2 Å². The van der Waals surface area contributed by atoms with E-state index in [9.17, 15) is 13.2 Å². The van der Waals surface area contributed by atoms with E-state index < -0.39 is 18.8 Å². The van der Waals surface area contributed by atoms with Gasteiger partial charge < -0.3 is 10.8 Å². The number of aliphatic hydroxyl groups excluding tert-OH is 1. The number of alkyl halides is 3. The fourth-order valence-electron chi connectivity index (χ4n) is 0.104. The highest BCUT2D eigenvalue weighted by atomic mass is 35.5. The molecule has 1 atom stereocenters. The van der Waals surface area contributed by atoms with Gasteiger partial charge in [-0.15, -0.1) is 12.4 Å². The lowest BCUT2D eigenvalue weighted by atomic mass is 10.3. The Morgan fingerprint density at radius 2 is 1.78 bits per heavy atom. The van der Waals surface area contributed by atoms with Gasteiger partial charge in [0.1, 0.15) is 6.04 Å². The largest absolute Gasteiger partial charge is 0.405 e. The molecule has 0 bridgehead atoms. The van der Waals surface area contributed by atoms with Gasteiger partial charge in [-0.3, -0.25) is 0 Å². The molecule has 0 unspecified atom stereocenters. The van der Waals surface area contributed by atoms with Crippen molar-refractivity contribution in [3.8, 4) is 0 Å². The summed E-state index contributed by atoms with van der Waals surface area (Å²) in [7, 11) is 0. The zero-order chi connectivity index (χ0) is 6.78. The third kappa shape index (κ3) is 4.50. The van der Waals surface area contributed by atoms with Gasteiger partial charge in [0.15, 0.2) is 0 Å². The average molecular weight is 166 g/mol. The predicted molar refractivity (Wildman–Crippen MR) is 28.4 cm³/mol. The third-order valence-corrected chi connectivity index (χ3v) is 0.617. The van der Waals surface area contributed by atoms with E-state index in [1.165, 1.54) is 0 Å². The fraction of sp³-hybridized carbons (Fsp3) is 1.00. The molecule has 0 spiro atoms. The first kappa shape index (κ1) is 11.8. The Bertz CT molecular complexity index is 75.9. The molecule has 0 rings (SSSR count). The second-order valence-corrected chi connectivity index (χ2v) is 1.33. The van der Waals surface area contributed by atoms with E-state index in [-0.39, 0.29) is 12.4 Å². The van der Waals surface area contributed by atoms with E-state index in [2.05, 4.69) is 5.73 Å². The fourth-order valence-corrected chi connectivity index (χ4v) is 0.104. The molecule has 58 valence electrons. The molecule has 0 fully saturated rings. The maximum absolute atomic E-state index is 11.2. The molecule has 0 aromatic carbocycles. The van der Waals surface area contributed by atoms with Gasteiger partial charge in [-0.2, -0.15) is 13.2 Å². The minimum Gasteiger partial charge on any atom is -0.394 e. The summed E-state index contributed by atoms with van der Waals surface area (Å²) in [5.74, 6) is 0. The molecule has 0 saturated carbocycles. The number of rotatable bonds is 1. The van der Waals surface area contributed by atoms with Crippen LogP contribution in [0.5, 0.6) is 0 Å². The molecule has 0 saturated heterocycles. The molecule has 2 nitrogen and oxygen atoms in total. The first-order valence-electron chi connectivity index (χ1n) is 1.91. The van der Waals surface area contributed by atoms with Gasteiger partial charge in [-0.25, -0.2) is 0 Å². The highest BCUT2D eigenvalue weighted by Gasteiger charge is 2.35. The molecular formula is C3H7ClF3NO. The van der Waals surface area contributed by atoms with Gasteiger partial charge in [-0.05, 0) is 0 Å². The molecule has 0 amide bonds. The standard InChI is InChI=1S/C3H6F3NO.ClH/c4-3(5,6)2(7)1-8;/h2,8H,1,7H2;1H/t2-;/m0./s1. The van der Waals surface area contributed by atoms with Crippen molar-refractivity contribution in [2.24, 2.45) is 5.73 Å². The van der Waals surface area contributed by atoms with E-state index in [1.54, 1.807) is 0 Å². The molecule has 6 heteroatoms. The lowest BCUT2D eigenvalue weighted by molar-refractivity contribution is -0.154. The molecule has 0 aliphatic rings. The Morgan fingerprint density at radius 1 is 1.44 bits per heavy atom. The minimum atomic E-state index is -4.46. The van der Waals surface area contributed by atoms with Crippen LogP contribution in [0.1, 0.15) is 0 Å². The Morgan fingerprint density at radius 3 is 1.78 bits per heavy atom. The predicted octanol–water partition coefficient (Wildman–Crippen LogP) is 0.290. The number of halogens is 4. The first-order valence-corrected chi connectivity index (χ1v) is 1.91. The summed E-state index contributed by atoms with van der Waals surface area (Å²) in [6.45, 7) is -1.05. The second-order valence-electron chi connectivity index (χ2n) is 1.33. The molecule has 0 aromatic heterocycles. The quantitative estimate of drug-likeness (QED) is 0.587. The molecule has 9 heavy (non-hydrogen) atoms. The number of nitrogens with two attached hydrogens (primary N) is 1. The molecule has 0 heterocycles. The summed E-state index contributed by atoms with van der Waals surface area (Å²) >= 11 is 0. The molecule has 0 aromatic rings. The number of hydrogen-bond donors (Lipinski definition) is 2. The van der Waals surface area contributed by atoms with Gasteiger partial charge in [0.05, 0.1) is 6.61 Å². The smallest absolute Gasteiger partial charge is 0.394 e. The average Bonchev–Trinajstić information content (AvgIpc) is 1.62. The SMILES string of the molecule is Cl.N[C@@H](CO)C(F)(F)F. The summed E-state index contributed by atoms with van der Waals surface area (Å²) < 4.78 is 33.5. The second kappa shape index (κ2) is 3.92. The monoisotopic (exact) mass is 165 g/mol. The summed E-state index contributed by atoms with van der Waals surface area (Å²) in [4.78, 5) is 0. The molecule has 0 aliphatic heterocycles. The van der Waals surface area contributed by atoms with Crippen molar-refractivity contribution >= 4 is 12.4 Å². The number of aliphatic hydroxyl groups is 1. The van der Waals surface area contributed by atoms with Crippen molar-refractivity contribution < 1.29 is 18.3 Å². The normalized spacial score (nSPS) is 14.3. The molecular weight excluding hydrogens is 158 g/mol. The summed E-state index contributed by atoms with van der Waals surface area (Å²) in [5.41, 5.74) is 4.38. The van der Waals surface area contributed by atoms with Gasteiger partial charge in [-0.1, -0.05) is 0 Å². The van der Waals surface area contributed by atoms with Gasteiger partial charge in [0, 0.05) is 0 Å². The van der Waals surface area contributed by atoms with Crippen LogP contribution in [0.2, 0.25) is 0 Å². The van der Waals surface area contributed by atoms with E-state index in [0.29, 0.717) is 0 Å². The van der Waals surface area contributed by atoms with Gasteiger partial charge in [0.25, 0.3) is 0 Å². The molecule has 0 aliphatic carbocycles.